The molecule has 1 aromatic rings. The van der Waals surface area contributed by atoms with Gasteiger partial charge in [-0.15, -0.1) is 0 Å². The van der Waals surface area contributed by atoms with Crippen LogP contribution in [0, 0.1) is 12.3 Å². The summed E-state index contributed by atoms with van der Waals surface area (Å²) in [5.41, 5.74) is 9.00. The molecule has 3 N–H and O–H groups in total. The van der Waals surface area contributed by atoms with E-state index in [9.17, 15) is 0 Å². The highest BCUT2D eigenvalue weighted by atomic mass is 15.1. The Morgan fingerprint density at radius 1 is 1.11 bits per heavy atom. The fourth-order valence-electron chi connectivity index (χ4n) is 2.77. The maximum Gasteiger partial charge on any atom is 0.124 e. The van der Waals surface area contributed by atoms with Crippen LogP contribution in [-0.4, -0.2) is 18.9 Å². The zero-order valence-corrected chi connectivity index (χ0v) is 11.2. The van der Waals surface area contributed by atoms with E-state index in [1.54, 1.807) is 0 Å². The number of nitrogens with one attached hydrogen (secondary N) is 1. The van der Waals surface area contributed by atoms with Gasteiger partial charge in [-0.25, -0.2) is 0 Å². The van der Waals surface area contributed by atoms with E-state index in [2.05, 4.69) is 17.9 Å². The summed E-state index contributed by atoms with van der Waals surface area (Å²) in [4.78, 5) is 2.42. The Kier molecular flexibility index (Phi) is 4.24. The maximum absolute atomic E-state index is 7.74. The lowest BCUT2D eigenvalue weighted by Crippen LogP contribution is -2.30. The fraction of sp³-hybridized carbons (Fsp3) is 0.533. The smallest absolute Gasteiger partial charge is 0.124 e. The molecule has 0 unspecified atom stereocenters. The number of para-hydroxylation sites is 1. The molecule has 18 heavy (non-hydrogen) atoms. The Balaban J connectivity index is 2.32. The summed E-state index contributed by atoms with van der Waals surface area (Å²) in [6.45, 7) is 4.29. The third kappa shape index (κ3) is 2.84. The lowest BCUT2D eigenvalue weighted by molar-refractivity contribution is 0.556. The van der Waals surface area contributed by atoms with Crippen LogP contribution in [0.1, 0.15) is 43.2 Å². The van der Waals surface area contributed by atoms with E-state index < -0.39 is 0 Å². The summed E-state index contributed by atoms with van der Waals surface area (Å²) >= 11 is 0. The molecule has 0 spiro atoms. The van der Waals surface area contributed by atoms with Crippen LogP contribution >= 0.6 is 0 Å². The number of hydrogen-bond acceptors (Lipinski definition) is 2. The first-order chi connectivity index (χ1) is 8.70. The van der Waals surface area contributed by atoms with Crippen LogP contribution < -0.4 is 10.6 Å². The molecule has 3 heteroatoms. The van der Waals surface area contributed by atoms with Crippen molar-refractivity contribution < 1.29 is 0 Å². The number of rotatable bonds is 2. The fourth-order valence-corrected chi connectivity index (χ4v) is 2.77. The molecular formula is C15H23N3. The van der Waals surface area contributed by atoms with Gasteiger partial charge in [-0.3, -0.25) is 5.41 Å². The minimum Gasteiger partial charge on any atom is -0.384 e. The summed E-state index contributed by atoms with van der Waals surface area (Å²) in [6, 6.07) is 6.06. The number of amidine groups is 1. The van der Waals surface area contributed by atoms with Crippen LogP contribution in [0.5, 0.6) is 0 Å². The summed E-state index contributed by atoms with van der Waals surface area (Å²) in [6.07, 6.45) is 6.48. The van der Waals surface area contributed by atoms with Crippen molar-refractivity contribution in [3.05, 3.63) is 29.3 Å². The van der Waals surface area contributed by atoms with Crippen molar-refractivity contribution in [3.63, 3.8) is 0 Å². The van der Waals surface area contributed by atoms with E-state index in [4.69, 9.17) is 11.1 Å². The van der Waals surface area contributed by atoms with E-state index in [1.807, 2.05) is 12.1 Å². The molecule has 0 saturated carbocycles. The van der Waals surface area contributed by atoms with Gasteiger partial charge in [0.2, 0.25) is 0 Å². The van der Waals surface area contributed by atoms with Crippen LogP contribution in [0.15, 0.2) is 18.2 Å². The van der Waals surface area contributed by atoms with Gasteiger partial charge >= 0.3 is 0 Å². The van der Waals surface area contributed by atoms with Crippen LogP contribution in [0.3, 0.4) is 0 Å². The molecule has 0 amide bonds. The average Bonchev–Trinajstić information content (AvgIpc) is 2.29. The molecule has 1 aliphatic rings. The molecule has 0 bridgehead atoms. The maximum atomic E-state index is 7.74. The first-order valence-electron chi connectivity index (χ1n) is 6.89. The van der Waals surface area contributed by atoms with E-state index >= 15 is 0 Å². The Morgan fingerprint density at radius 3 is 2.33 bits per heavy atom. The number of hydrogen-bond donors (Lipinski definition) is 2. The number of anilines is 1. The summed E-state index contributed by atoms with van der Waals surface area (Å²) in [7, 11) is 0. The van der Waals surface area contributed by atoms with E-state index in [1.165, 1.54) is 43.4 Å². The Labute approximate surface area is 109 Å². The van der Waals surface area contributed by atoms with Gasteiger partial charge in [-0.05, 0) is 31.4 Å². The van der Waals surface area contributed by atoms with E-state index in [0.29, 0.717) is 0 Å². The molecule has 0 atom stereocenters. The minimum absolute atomic E-state index is 0.177. The second-order valence-corrected chi connectivity index (χ2v) is 5.14. The topological polar surface area (TPSA) is 53.1 Å². The number of nitrogens with zero attached hydrogens (tertiary/aromatic N) is 1. The van der Waals surface area contributed by atoms with Crippen LogP contribution in [0.4, 0.5) is 5.69 Å². The molecule has 1 heterocycles. The largest absolute Gasteiger partial charge is 0.384 e. The first-order valence-corrected chi connectivity index (χ1v) is 6.89. The predicted octanol–water partition coefficient (Wildman–Crippen LogP) is 3.05. The van der Waals surface area contributed by atoms with Crippen LogP contribution in [0.2, 0.25) is 0 Å². The molecule has 3 nitrogen and oxygen atoms in total. The van der Waals surface area contributed by atoms with E-state index in [-0.39, 0.29) is 5.84 Å². The quantitative estimate of drug-likeness (QED) is 0.621. The van der Waals surface area contributed by atoms with Crippen molar-refractivity contribution in [3.8, 4) is 0 Å². The highest BCUT2D eigenvalue weighted by Gasteiger charge is 2.16. The Hall–Kier alpha value is -1.51. The third-order valence-corrected chi connectivity index (χ3v) is 3.70. The van der Waals surface area contributed by atoms with E-state index in [0.717, 1.165) is 18.7 Å². The normalized spacial score (nSPS) is 17.1. The molecule has 2 rings (SSSR count). The standard InChI is InChI=1S/C15H23N3/c1-12-8-7-9-13(15(16)17)14(12)18-10-5-3-2-4-6-11-18/h7-9H,2-6,10-11H2,1H3,(H3,16,17). The van der Waals surface area contributed by atoms with Gasteiger partial charge in [0.1, 0.15) is 5.84 Å². The summed E-state index contributed by atoms with van der Waals surface area (Å²) < 4.78 is 0. The van der Waals surface area contributed by atoms with Gasteiger partial charge in [0.15, 0.2) is 0 Å². The van der Waals surface area contributed by atoms with Crippen molar-refractivity contribution in [2.75, 3.05) is 18.0 Å². The predicted molar refractivity (Wildman–Crippen MR) is 77.5 cm³/mol. The summed E-state index contributed by atoms with van der Waals surface area (Å²) in [5, 5.41) is 7.74. The Bertz CT molecular complexity index is 418. The number of nitrogens with two attached hydrogens (primary N) is 1. The van der Waals surface area contributed by atoms with Crippen molar-refractivity contribution in [2.45, 2.75) is 39.0 Å². The highest BCUT2D eigenvalue weighted by Crippen LogP contribution is 2.27. The number of aryl methyl sites for hydroxylation is 1. The van der Waals surface area contributed by atoms with Gasteiger partial charge in [0.05, 0.1) is 5.69 Å². The SMILES string of the molecule is Cc1cccc(C(=N)N)c1N1CCCCCCC1. The van der Waals surface area contributed by atoms with Gasteiger partial charge in [0.25, 0.3) is 0 Å². The molecule has 1 saturated heterocycles. The van der Waals surface area contributed by atoms with Gasteiger partial charge < -0.3 is 10.6 Å². The van der Waals surface area contributed by atoms with Gasteiger partial charge in [-0.1, -0.05) is 31.4 Å². The zero-order valence-electron chi connectivity index (χ0n) is 11.2. The minimum atomic E-state index is 0.177. The Morgan fingerprint density at radius 2 is 1.72 bits per heavy atom. The molecule has 1 fully saturated rings. The highest BCUT2D eigenvalue weighted by molar-refractivity contribution is 6.01. The third-order valence-electron chi connectivity index (χ3n) is 3.70. The second-order valence-electron chi connectivity index (χ2n) is 5.14. The molecule has 1 aromatic carbocycles. The average molecular weight is 245 g/mol. The van der Waals surface area contributed by atoms with Crippen molar-refractivity contribution in [1.29, 1.82) is 5.41 Å². The zero-order chi connectivity index (χ0) is 13.0. The number of benzene rings is 1. The molecule has 0 aliphatic carbocycles. The van der Waals surface area contributed by atoms with Crippen LogP contribution in [-0.2, 0) is 0 Å². The van der Waals surface area contributed by atoms with Crippen molar-refractivity contribution >= 4 is 11.5 Å². The number of nitrogen functional groups attached to an aromatic ring is 1. The van der Waals surface area contributed by atoms with Gasteiger partial charge in [0, 0.05) is 18.7 Å². The van der Waals surface area contributed by atoms with Crippen molar-refractivity contribution in [2.24, 2.45) is 5.73 Å². The molecular weight excluding hydrogens is 222 g/mol. The lowest BCUT2D eigenvalue weighted by atomic mass is 10.0. The monoisotopic (exact) mass is 245 g/mol. The van der Waals surface area contributed by atoms with Gasteiger partial charge in [-0.2, -0.15) is 0 Å². The molecule has 0 aromatic heterocycles. The lowest BCUT2D eigenvalue weighted by Gasteiger charge is -2.30. The first kappa shape index (κ1) is 12.9. The molecule has 98 valence electrons. The second kappa shape index (κ2) is 5.89. The molecule has 1 aliphatic heterocycles. The van der Waals surface area contributed by atoms with Crippen LogP contribution in [0.25, 0.3) is 0 Å². The molecule has 0 radical (unpaired) electrons. The van der Waals surface area contributed by atoms with Crippen molar-refractivity contribution in [1.82, 2.24) is 0 Å². The summed E-state index contributed by atoms with van der Waals surface area (Å²) in [5.74, 6) is 0.177.